The van der Waals surface area contributed by atoms with Gasteiger partial charge in [0.2, 0.25) is 0 Å². The van der Waals surface area contributed by atoms with Gasteiger partial charge in [0.25, 0.3) is 0 Å². The van der Waals surface area contributed by atoms with Crippen LogP contribution in [0, 0.1) is 0 Å². The Morgan fingerprint density at radius 1 is 1.42 bits per heavy atom. The van der Waals surface area contributed by atoms with Gasteiger partial charge in [-0.25, -0.2) is 0 Å². The zero-order chi connectivity index (χ0) is 9.40. The maximum atomic E-state index is 5.27. The van der Waals surface area contributed by atoms with E-state index in [0.29, 0.717) is 12.4 Å². The van der Waals surface area contributed by atoms with Crippen molar-refractivity contribution in [2.45, 2.75) is 13.8 Å². The Balaban J connectivity index is 3.40. The first kappa shape index (κ1) is 11.2. The Bertz CT molecular complexity index is 139. The van der Waals surface area contributed by atoms with E-state index in [1.165, 1.54) is 0 Å². The van der Waals surface area contributed by atoms with Crippen molar-refractivity contribution in [2.24, 2.45) is 0 Å². The largest absolute Gasteiger partial charge is 0.493 e. The maximum absolute atomic E-state index is 5.27. The summed E-state index contributed by atoms with van der Waals surface area (Å²) in [5.41, 5.74) is 0. The fraction of sp³-hybridized carbons (Fsp3) is 0.600. The fourth-order valence-electron chi connectivity index (χ4n) is 0.905. The molecule has 0 saturated heterocycles. The summed E-state index contributed by atoms with van der Waals surface area (Å²) in [6, 6.07) is 0. The van der Waals surface area contributed by atoms with Crippen molar-refractivity contribution in [2.75, 3.05) is 26.2 Å². The first-order valence-corrected chi connectivity index (χ1v) is 4.41. The van der Waals surface area contributed by atoms with E-state index in [2.05, 4.69) is 31.9 Å². The Morgan fingerprint density at radius 3 is 2.42 bits per heavy atom. The molecule has 0 N–H and O–H groups in total. The van der Waals surface area contributed by atoms with E-state index in [-0.39, 0.29) is 0 Å². The molecule has 0 spiro atoms. The van der Waals surface area contributed by atoms with Crippen LogP contribution in [0.5, 0.6) is 0 Å². The van der Waals surface area contributed by atoms with Crippen LogP contribution in [0.15, 0.2) is 25.0 Å². The van der Waals surface area contributed by atoms with Gasteiger partial charge in [0, 0.05) is 6.54 Å². The average Bonchev–Trinajstić information content (AvgIpc) is 2.12. The van der Waals surface area contributed by atoms with E-state index in [1.807, 2.05) is 0 Å². The van der Waals surface area contributed by atoms with Crippen molar-refractivity contribution in [1.29, 1.82) is 0 Å². The van der Waals surface area contributed by atoms with Crippen molar-refractivity contribution in [3.05, 3.63) is 25.0 Å². The quantitative estimate of drug-likeness (QED) is 0.427. The van der Waals surface area contributed by atoms with Crippen LogP contribution in [0.4, 0.5) is 0 Å². The number of hydrogen-bond donors (Lipinski definition) is 0. The molecule has 0 fully saturated rings. The Morgan fingerprint density at radius 2 is 2.00 bits per heavy atom. The maximum Gasteiger partial charge on any atom is 0.111 e. The smallest absolute Gasteiger partial charge is 0.111 e. The number of allylic oxidation sites excluding steroid dienone is 1. The highest BCUT2D eigenvalue weighted by Gasteiger charge is 1.97. The van der Waals surface area contributed by atoms with E-state index < -0.39 is 0 Å². The minimum Gasteiger partial charge on any atom is -0.493 e. The van der Waals surface area contributed by atoms with Gasteiger partial charge in [0.1, 0.15) is 12.4 Å². The van der Waals surface area contributed by atoms with E-state index in [1.54, 1.807) is 6.08 Å². The van der Waals surface area contributed by atoms with Crippen LogP contribution in [0.25, 0.3) is 0 Å². The van der Waals surface area contributed by atoms with Gasteiger partial charge >= 0.3 is 0 Å². The second-order valence-electron chi connectivity index (χ2n) is 2.55. The zero-order valence-corrected chi connectivity index (χ0v) is 8.18. The Kier molecular flexibility index (Phi) is 6.48. The third-order valence-corrected chi connectivity index (χ3v) is 1.82. The van der Waals surface area contributed by atoms with Gasteiger partial charge in [0.15, 0.2) is 0 Å². The number of hydrogen-bond acceptors (Lipinski definition) is 2. The average molecular weight is 169 g/mol. The monoisotopic (exact) mass is 169 g/mol. The molecule has 2 heteroatoms. The standard InChI is InChI=1S/C10H19NO/c1-5-10(4)12-9-8-11(6-2)7-3/h5H,1,4,6-9H2,2-3H3. The number of nitrogens with zero attached hydrogens (tertiary/aromatic N) is 1. The number of likely N-dealkylation sites (N-methyl/N-ethyl adjacent to an activating group) is 1. The number of rotatable bonds is 7. The highest BCUT2D eigenvalue weighted by Crippen LogP contribution is 1.94. The van der Waals surface area contributed by atoms with Crippen molar-refractivity contribution in [3.8, 4) is 0 Å². The highest BCUT2D eigenvalue weighted by molar-refractivity contribution is 5.01. The molecule has 0 bridgehead atoms. The molecule has 0 aliphatic heterocycles. The SMILES string of the molecule is C=CC(=C)OCCN(CC)CC. The third-order valence-electron chi connectivity index (χ3n) is 1.82. The fourth-order valence-corrected chi connectivity index (χ4v) is 0.905. The van der Waals surface area contributed by atoms with E-state index in [0.717, 1.165) is 19.6 Å². The lowest BCUT2D eigenvalue weighted by Gasteiger charge is -2.17. The normalized spacial score (nSPS) is 9.92. The Labute approximate surface area is 75.5 Å². The topological polar surface area (TPSA) is 12.5 Å². The summed E-state index contributed by atoms with van der Waals surface area (Å²) >= 11 is 0. The summed E-state index contributed by atoms with van der Waals surface area (Å²) in [4.78, 5) is 2.30. The van der Waals surface area contributed by atoms with Gasteiger partial charge in [-0.05, 0) is 19.2 Å². The Hall–Kier alpha value is -0.760. The summed E-state index contributed by atoms with van der Waals surface area (Å²) in [5, 5.41) is 0. The molecule has 0 aromatic carbocycles. The van der Waals surface area contributed by atoms with Gasteiger partial charge in [0.05, 0.1) is 0 Å². The minimum absolute atomic E-state index is 0.655. The predicted molar refractivity (Wildman–Crippen MR) is 53.1 cm³/mol. The lowest BCUT2D eigenvalue weighted by Crippen LogP contribution is -2.26. The highest BCUT2D eigenvalue weighted by atomic mass is 16.5. The molecule has 0 heterocycles. The van der Waals surface area contributed by atoms with Gasteiger partial charge in [-0.2, -0.15) is 0 Å². The molecule has 0 atom stereocenters. The molecule has 2 nitrogen and oxygen atoms in total. The minimum atomic E-state index is 0.655. The number of ether oxygens (including phenoxy) is 1. The van der Waals surface area contributed by atoms with Gasteiger partial charge in [-0.15, -0.1) is 0 Å². The van der Waals surface area contributed by atoms with Gasteiger partial charge in [-0.3, -0.25) is 0 Å². The molecule has 0 aliphatic carbocycles. The molecular formula is C10H19NO. The van der Waals surface area contributed by atoms with Crippen LogP contribution >= 0.6 is 0 Å². The van der Waals surface area contributed by atoms with Crippen LogP contribution in [-0.2, 0) is 4.74 Å². The van der Waals surface area contributed by atoms with Crippen molar-refractivity contribution >= 4 is 0 Å². The van der Waals surface area contributed by atoms with E-state index in [9.17, 15) is 0 Å². The molecule has 0 aliphatic rings. The molecule has 12 heavy (non-hydrogen) atoms. The molecule has 0 amide bonds. The predicted octanol–water partition coefficient (Wildman–Crippen LogP) is 2.04. The molecule has 0 unspecified atom stereocenters. The molecular weight excluding hydrogens is 150 g/mol. The van der Waals surface area contributed by atoms with Crippen LogP contribution in [-0.4, -0.2) is 31.1 Å². The van der Waals surface area contributed by atoms with Crippen LogP contribution in [0.2, 0.25) is 0 Å². The second-order valence-corrected chi connectivity index (χ2v) is 2.55. The summed E-state index contributed by atoms with van der Waals surface area (Å²) in [7, 11) is 0. The van der Waals surface area contributed by atoms with Crippen molar-refractivity contribution in [3.63, 3.8) is 0 Å². The molecule has 0 radical (unpaired) electrons. The molecule has 0 rings (SSSR count). The van der Waals surface area contributed by atoms with Gasteiger partial charge < -0.3 is 9.64 Å². The van der Waals surface area contributed by atoms with E-state index in [4.69, 9.17) is 4.74 Å². The van der Waals surface area contributed by atoms with E-state index >= 15 is 0 Å². The second kappa shape index (κ2) is 6.92. The third kappa shape index (κ3) is 4.97. The first-order chi connectivity index (χ1) is 5.74. The van der Waals surface area contributed by atoms with Crippen molar-refractivity contribution < 1.29 is 4.74 Å². The van der Waals surface area contributed by atoms with Crippen LogP contribution < -0.4 is 0 Å². The summed E-state index contributed by atoms with van der Waals surface area (Å²) < 4.78 is 5.27. The summed E-state index contributed by atoms with van der Waals surface area (Å²) in [6.45, 7) is 15.3. The zero-order valence-electron chi connectivity index (χ0n) is 8.18. The first-order valence-electron chi connectivity index (χ1n) is 4.41. The molecule has 0 aromatic heterocycles. The van der Waals surface area contributed by atoms with Crippen molar-refractivity contribution in [1.82, 2.24) is 4.90 Å². The molecule has 0 aromatic rings. The lowest BCUT2D eigenvalue weighted by molar-refractivity contribution is 0.172. The molecule has 0 saturated carbocycles. The van der Waals surface area contributed by atoms with Crippen LogP contribution in [0.3, 0.4) is 0 Å². The summed E-state index contributed by atoms with van der Waals surface area (Å²) in [5.74, 6) is 0.655. The van der Waals surface area contributed by atoms with Crippen LogP contribution in [0.1, 0.15) is 13.8 Å². The lowest BCUT2D eigenvalue weighted by atomic mass is 10.5. The van der Waals surface area contributed by atoms with Gasteiger partial charge in [-0.1, -0.05) is 27.0 Å². The molecule has 70 valence electrons. The summed E-state index contributed by atoms with van der Waals surface area (Å²) in [6.07, 6.45) is 1.63.